The lowest BCUT2D eigenvalue weighted by molar-refractivity contribution is -0.140. The molecule has 1 saturated carbocycles. The molecule has 0 bridgehead atoms. The molecular weight excluding hydrogens is 344 g/mol. The quantitative estimate of drug-likeness (QED) is 0.733. The standard InChI is InChI=1S/C26H28O2/c1-18-5-9-20(10-6-18)16-26(17-21-11-7-19(2)8-12-21)15-3-4-22-23(25(27)28)13-14-24(22)26/h3-12,15,23-24H,13-14,16-17H2,1-2H3,(H,27,28). The summed E-state index contributed by atoms with van der Waals surface area (Å²) in [4.78, 5) is 11.8. The molecule has 0 radical (unpaired) electrons. The van der Waals surface area contributed by atoms with Crippen molar-refractivity contribution in [3.8, 4) is 0 Å². The van der Waals surface area contributed by atoms with E-state index in [-0.39, 0.29) is 11.3 Å². The van der Waals surface area contributed by atoms with Crippen molar-refractivity contribution in [2.45, 2.75) is 39.5 Å². The lowest BCUT2D eigenvalue weighted by Crippen LogP contribution is -2.35. The summed E-state index contributed by atoms with van der Waals surface area (Å²) in [6.45, 7) is 4.23. The van der Waals surface area contributed by atoms with E-state index >= 15 is 0 Å². The molecule has 4 rings (SSSR count). The third-order valence-corrected chi connectivity index (χ3v) is 6.57. The van der Waals surface area contributed by atoms with Crippen LogP contribution in [0.4, 0.5) is 0 Å². The first-order valence-corrected chi connectivity index (χ1v) is 10.2. The summed E-state index contributed by atoms with van der Waals surface area (Å²) >= 11 is 0. The van der Waals surface area contributed by atoms with E-state index < -0.39 is 5.97 Å². The molecule has 2 heteroatoms. The Kier molecular flexibility index (Phi) is 4.97. The van der Waals surface area contributed by atoms with E-state index in [1.54, 1.807) is 0 Å². The van der Waals surface area contributed by atoms with Crippen LogP contribution in [0.2, 0.25) is 0 Å². The highest BCUT2D eigenvalue weighted by molar-refractivity contribution is 5.75. The molecule has 28 heavy (non-hydrogen) atoms. The molecule has 2 aliphatic carbocycles. The highest BCUT2D eigenvalue weighted by atomic mass is 16.4. The molecule has 0 amide bonds. The van der Waals surface area contributed by atoms with Crippen LogP contribution in [0.5, 0.6) is 0 Å². The Morgan fingerprint density at radius 3 is 1.96 bits per heavy atom. The minimum atomic E-state index is -0.677. The second-order valence-electron chi connectivity index (χ2n) is 8.60. The molecule has 2 unspecified atom stereocenters. The van der Waals surface area contributed by atoms with Gasteiger partial charge in [0.15, 0.2) is 0 Å². The van der Waals surface area contributed by atoms with Gasteiger partial charge in [0.05, 0.1) is 5.92 Å². The number of rotatable bonds is 5. The Hall–Kier alpha value is -2.61. The van der Waals surface area contributed by atoms with E-state index in [0.717, 1.165) is 31.3 Å². The van der Waals surface area contributed by atoms with E-state index in [2.05, 4.69) is 80.6 Å². The molecule has 2 aliphatic rings. The van der Waals surface area contributed by atoms with Gasteiger partial charge in [0.2, 0.25) is 0 Å². The lowest BCUT2D eigenvalue weighted by atomic mass is 9.63. The second kappa shape index (κ2) is 7.43. The van der Waals surface area contributed by atoms with E-state index in [1.165, 1.54) is 22.3 Å². The Balaban J connectivity index is 1.72. The summed E-state index contributed by atoms with van der Waals surface area (Å²) in [5.74, 6) is -0.713. The maximum atomic E-state index is 11.8. The van der Waals surface area contributed by atoms with Gasteiger partial charge in [-0.05, 0) is 56.6 Å². The highest BCUT2D eigenvalue weighted by Gasteiger charge is 2.47. The monoisotopic (exact) mass is 372 g/mol. The van der Waals surface area contributed by atoms with Crippen LogP contribution in [0.3, 0.4) is 0 Å². The van der Waals surface area contributed by atoms with Crippen LogP contribution in [-0.2, 0) is 17.6 Å². The fourth-order valence-corrected chi connectivity index (χ4v) is 5.09. The number of allylic oxidation sites excluding steroid dienone is 3. The van der Waals surface area contributed by atoms with E-state index in [9.17, 15) is 9.90 Å². The molecule has 0 aliphatic heterocycles. The van der Waals surface area contributed by atoms with Crippen molar-refractivity contribution < 1.29 is 9.90 Å². The van der Waals surface area contributed by atoms with Crippen molar-refractivity contribution in [2.24, 2.45) is 17.3 Å². The van der Waals surface area contributed by atoms with Crippen molar-refractivity contribution in [3.63, 3.8) is 0 Å². The van der Waals surface area contributed by atoms with Crippen molar-refractivity contribution in [2.75, 3.05) is 0 Å². The largest absolute Gasteiger partial charge is 0.481 e. The van der Waals surface area contributed by atoms with Gasteiger partial charge in [-0.25, -0.2) is 0 Å². The fraction of sp³-hybridized carbons (Fsp3) is 0.346. The van der Waals surface area contributed by atoms with Gasteiger partial charge < -0.3 is 5.11 Å². The maximum Gasteiger partial charge on any atom is 0.310 e. The summed E-state index contributed by atoms with van der Waals surface area (Å²) in [7, 11) is 0. The van der Waals surface area contributed by atoms with Gasteiger partial charge in [-0.1, -0.05) is 83.5 Å². The predicted octanol–water partition coefficient (Wildman–Crippen LogP) is 5.68. The maximum absolute atomic E-state index is 11.8. The summed E-state index contributed by atoms with van der Waals surface area (Å²) in [6, 6.07) is 17.6. The van der Waals surface area contributed by atoms with Crippen LogP contribution < -0.4 is 0 Å². The smallest absolute Gasteiger partial charge is 0.310 e. The number of hydrogen-bond donors (Lipinski definition) is 1. The average Bonchev–Trinajstić information content (AvgIpc) is 3.12. The zero-order valence-corrected chi connectivity index (χ0v) is 16.7. The molecule has 144 valence electrons. The van der Waals surface area contributed by atoms with Crippen LogP contribution >= 0.6 is 0 Å². The molecule has 2 nitrogen and oxygen atoms in total. The number of aryl methyl sites for hydroxylation is 2. The summed E-state index contributed by atoms with van der Waals surface area (Å²) < 4.78 is 0. The van der Waals surface area contributed by atoms with Gasteiger partial charge in [-0.3, -0.25) is 4.79 Å². The van der Waals surface area contributed by atoms with Gasteiger partial charge in [-0.15, -0.1) is 0 Å². The van der Waals surface area contributed by atoms with Crippen LogP contribution in [0.25, 0.3) is 0 Å². The van der Waals surface area contributed by atoms with E-state index in [0.29, 0.717) is 5.92 Å². The van der Waals surface area contributed by atoms with Crippen LogP contribution in [-0.4, -0.2) is 11.1 Å². The number of benzene rings is 2. The zero-order chi connectivity index (χ0) is 19.7. The number of carboxylic acids is 1. The zero-order valence-electron chi connectivity index (χ0n) is 16.7. The van der Waals surface area contributed by atoms with Gasteiger partial charge in [-0.2, -0.15) is 0 Å². The van der Waals surface area contributed by atoms with E-state index in [1.807, 2.05) is 0 Å². The number of hydrogen-bond acceptors (Lipinski definition) is 1. The average molecular weight is 373 g/mol. The second-order valence-corrected chi connectivity index (χ2v) is 8.60. The third kappa shape index (κ3) is 3.56. The summed E-state index contributed by atoms with van der Waals surface area (Å²) in [6.07, 6.45) is 10.1. The van der Waals surface area contributed by atoms with Gasteiger partial charge in [0, 0.05) is 5.41 Å². The van der Waals surface area contributed by atoms with Crippen molar-refractivity contribution in [1.82, 2.24) is 0 Å². The van der Waals surface area contributed by atoms with Crippen LogP contribution in [0, 0.1) is 31.1 Å². The molecule has 2 atom stereocenters. The molecule has 0 heterocycles. The predicted molar refractivity (Wildman–Crippen MR) is 113 cm³/mol. The van der Waals surface area contributed by atoms with Gasteiger partial charge in [0.25, 0.3) is 0 Å². The lowest BCUT2D eigenvalue weighted by Gasteiger charge is -2.40. The first kappa shape index (κ1) is 18.7. The minimum Gasteiger partial charge on any atom is -0.481 e. The van der Waals surface area contributed by atoms with Crippen LogP contribution in [0.1, 0.15) is 35.1 Å². The molecule has 1 N–H and O–H groups in total. The normalized spacial score (nSPS) is 22.6. The molecule has 2 aromatic carbocycles. The van der Waals surface area contributed by atoms with Crippen molar-refractivity contribution >= 4 is 5.97 Å². The van der Waals surface area contributed by atoms with Crippen molar-refractivity contribution in [1.29, 1.82) is 0 Å². The number of carboxylic acid groups (broad SMARTS) is 1. The molecular formula is C26H28O2. The Morgan fingerprint density at radius 1 is 0.929 bits per heavy atom. The Morgan fingerprint density at radius 2 is 1.46 bits per heavy atom. The third-order valence-electron chi connectivity index (χ3n) is 6.57. The first-order chi connectivity index (χ1) is 13.5. The van der Waals surface area contributed by atoms with E-state index in [4.69, 9.17) is 0 Å². The van der Waals surface area contributed by atoms with Gasteiger partial charge >= 0.3 is 5.97 Å². The van der Waals surface area contributed by atoms with Crippen molar-refractivity contribution in [3.05, 3.63) is 94.6 Å². The first-order valence-electron chi connectivity index (χ1n) is 10.2. The minimum absolute atomic E-state index is 0.0706. The fourth-order valence-electron chi connectivity index (χ4n) is 5.09. The molecule has 0 spiro atoms. The molecule has 1 fully saturated rings. The molecule has 2 aromatic rings. The Labute approximate surface area is 167 Å². The SMILES string of the molecule is Cc1ccc(CC2(Cc3ccc(C)cc3)C=CC=C3C(C(=O)O)CCC32)cc1. The summed E-state index contributed by atoms with van der Waals surface area (Å²) in [5.41, 5.74) is 6.23. The van der Waals surface area contributed by atoms with Gasteiger partial charge in [0.1, 0.15) is 0 Å². The number of fused-ring (bicyclic) bond motifs is 1. The van der Waals surface area contributed by atoms with Crippen LogP contribution in [0.15, 0.2) is 72.3 Å². The topological polar surface area (TPSA) is 37.3 Å². The number of aliphatic carboxylic acids is 1. The summed E-state index contributed by atoms with van der Waals surface area (Å²) in [5, 5.41) is 9.70. The number of carbonyl (C=O) groups is 1. The molecule has 0 saturated heterocycles. The Bertz CT molecular complexity index is 868. The molecule has 0 aromatic heterocycles. The highest BCUT2D eigenvalue weighted by Crippen LogP contribution is 2.52.